The van der Waals surface area contributed by atoms with Crippen LogP contribution in [0.1, 0.15) is 96.3 Å². The summed E-state index contributed by atoms with van der Waals surface area (Å²) in [6.45, 7) is 11.0. The fourth-order valence-electron chi connectivity index (χ4n) is 3.47. The van der Waals surface area contributed by atoms with E-state index in [1.807, 2.05) is 18.2 Å². The maximum Gasteiger partial charge on any atom is 0.179 e. The molecule has 0 aliphatic carbocycles. The van der Waals surface area contributed by atoms with Crippen LogP contribution in [0.2, 0.25) is 5.02 Å². The van der Waals surface area contributed by atoms with Crippen molar-refractivity contribution in [1.82, 2.24) is 5.32 Å². The Morgan fingerprint density at radius 3 is 2.31 bits per heavy atom. The highest BCUT2D eigenvalue weighted by Gasteiger charge is 2.24. The van der Waals surface area contributed by atoms with Gasteiger partial charge >= 0.3 is 0 Å². The topological polar surface area (TPSA) is 29.1 Å². The third-order valence-corrected chi connectivity index (χ3v) is 4.99. The smallest absolute Gasteiger partial charge is 0.179 e. The lowest BCUT2D eigenvalue weighted by Crippen LogP contribution is -2.47. The molecule has 0 aliphatic rings. The molecule has 2 unspecified atom stereocenters. The minimum atomic E-state index is -0.146. The SMILES string of the molecule is CCCC(C)CCCCCCC(NC(C)(C)C)C(=O)c1cccc(Cl)c1. The summed E-state index contributed by atoms with van der Waals surface area (Å²) in [4.78, 5) is 12.9. The number of hydrogen-bond acceptors (Lipinski definition) is 2. The molecule has 0 bridgehead atoms. The summed E-state index contributed by atoms with van der Waals surface area (Å²) >= 11 is 6.06. The van der Waals surface area contributed by atoms with Gasteiger partial charge in [-0.25, -0.2) is 0 Å². The summed E-state index contributed by atoms with van der Waals surface area (Å²) in [7, 11) is 0. The molecule has 0 saturated carbocycles. The molecular formula is C23H38ClNO. The average molecular weight is 380 g/mol. The van der Waals surface area contributed by atoms with Gasteiger partial charge in [-0.15, -0.1) is 0 Å². The molecule has 1 aromatic rings. The molecule has 26 heavy (non-hydrogen) atoms. The van der Waals surface area contributed by atoms with E-state index in [4.69, 9.17) is 11.6 Å². The lowest BCUT2D eigenvalue weighted by molar-refractivity contribution is 0.0918. The molecule has 2 nitrogen and oxygen atoms in total. The number of Topliss-reactive ketones (excluding diaryl/α,β-unsaturated/α-hetero) is 1. The lowest BCUT2D eigenvalue weighted by atomic mass is 9.94. The van der Waals surface area contributed by atoms with Crippen molar-refractivity contribution in [2.75, 3.05) is 0 Å². The number of unbranched alkanes of at least 4 members (excludes halogenated alkanes) is 3. The highest BCUT2D eigenvalue weighted by molar-refractivity contribution is 6.31. The first-order valence-electron chi connectivity index (χ1n) is 10.3. The zero-order chi connectivity index (χ0) is 19.6. The Morgan fingerprint density at radius 2 is 1.73 bits per heavy atom. The molecule has 1 aromatic carbocycles. The highest BCUT2D eigenvalue weighted by atomic mass is 35.5. The summed E-state index contributed by atoms with van der Waals surface area (Å²) in [5, 5.41) is 4.12. The van der Waals surface area contributed by atoms with Crippen LogP contribution in [0.15, 0.2) is 24.3 Å². The van der Waals surface area contributed by atoms with Gasteiger partial charge in [0.15, 0.2) is 5.78 Å². The van der Waals surface area contributed by atoms with E-state index < -0.39 is 0 Å². The quantitative estimate of drug-likeness (QED) is 0.311. The van der Waals surface area contributed by atoms with Crippen LogP contribution in [0, 0.1) is 5.92 Å². The van der Waals surface area contributed by atoms with Gasteiger partial charge in [-0.1, -0.05) is 82.5 Å². The molecule has 0 radical (unpaired) electrons. The highest BCUT2D eigenvalue weighted by Crippen LogP contribution is 2.19. The molecule has 0 saturated heterocycles. The largest absolute Gasteiger partial charge is 0.302 e. The number of benzene rings is 1. The number of halogens is 1. The van der Waals surface area contributed by atoms with Crippen molar-refractivity contribution in [2.45, 2.75) is 97.6 Å². The number of carbonyl (C=O) groups is 1. The van der Waals surface area contributed by atoms with Gasteiger partial charge in [-0.3, -0.25) is 4.79 Å². The second-order valence-electron chi connectivity index (χ2n) is 8.71. The molecule has 0 heterocycles. The Kier molecular flexibility index (Phi) is 10.5. The second-order valence-corrected chi connectivity index (χ2v) is 9.14. The predicted octanol–water partition coefficient (Wildman–Crippen LogP) is 7.06. The van der Waals surface area contributed by atoms with Crippen LogP contribution in [0.5, 0.6) is 0 Å². The minimum Gasteiger partial charge on any atom is -0.302 e. The zero-order valence-corrected chi connectivity index (χ0v) is 18.2. The first kappa shape index (κ1) is 23.2. The van der Waals surface area contributed by atoms with Crippen molar-refractivity contribution < 1.29 is 4.79 Å². The Morgan fingerprint density at radius 1 is 1.08 bits per heavy atom. The molecule has 1 rings (SSSR count). The monoisotopic (exact) mass is 379 g/mol. The summed E-state index contributed by atoms with van der Waals surface area (Å²) in [5.41, 5.74) is 0.613. The first-order valence-corrected chi connectivity index (χ1v) is 10.7. The maximum absolute atomic E-state index is 12.9. The molecular weight excluding hydrogens is 342 g/mol. The van der Waals surface area contributed by atoms with Gasteiger partial charge in [0.25, 0.3) is 0 Å². The summed E-state index contributed by atoms with van der Waals surface area (Å²) in [5.74, 6) is 0.999. The lowest BCUT2D eigenvalue weighted by Gasteiger charge is -2.28. The van der Waals surface area contributed by atoms with E-state index in [-0.39, 0.29) is 17.4 Å². The van der Waals surface area contributed by atoms with Gasteiger partial charge in [0, 0.05) is 16.1 Å². The van der Waals surface area contributed by atoms with Gasteiger partial charge in [0.1, 0.15) is 0 Å². The molecule has 148 valence electrons. The van der Waals surface area contributed by atoms with Crippen LogP contribution < -0.4 is 5.32 Å². The van der Waals surface area contributed by atoms with Crippen LogP contribution in [0.25, 0.3) is 0 Å². The standard InChI is InChI=1S/C23H38ClNO/c1-6-12-18(2)13-9-7-8-10-16-21(25-23(3,4)5)22(26)19-14-11-15-20(24)17-19/h11,14-15,17-18,21,25H,6-10,12-13,16H2,1-5H3. The number of nitrogens with one attached hydrogen (secondary N) is 1. The number of hydrogen-bond donors (Lipinski definition) is 1. The van der Waals surface area contributed by atoms with E-state index in [0.717, 1.165) is 18.8 Å². The second kappa shape index (κ2) is 11.8. The van der Waals surface area contributed by atoms with Crippen LogP contribution in [-0.2, 0) is 0 Å². The van der Waals surface area contributed by atoms with Gasteiger partial charge < -0.3 is 5.32 Å². The van der Waals surface area contributed by atoms with E-state index in [1.165, 1.54) is 38.5 Å². The van der Waals surface area contributed by atoms with Gasteiger partial charge in [0.05, 0.1) is 6.04 Å². The average Bonchev–Trinajstić information content (AvgIpc) is 2.55. The first-order chi connectivity index (χ1) is 12.2. The fraction of sp³-hybridized carbons (Fsp3) is 0.696. The molecule has 0 aromatic heterocycles. The van der Waals surface area contributed by atoms with Crippen molar-refractivity contribution in [2.24, 2.45) is 5.92 Å². The molecule has 2 atom stereocenters. The molecule has 1 N–H and O–H groups in total. The summed E-state index contributed by atoms with van der Waals surface area (Å²) in [6, 6.07) is 7.15. The van der Waals surface area contributed by atoms with Crippen molar-refractivity contribution in [3.63, 3.8) is 0 Å². The molecule has 0 spiro atoms. The van der Waals surface area contributed by atoms with E-state index in [9.17, 15) is 4.79 Å². The third-order valence-electron chi connectivity index (χ3n) is 4.75. The van der Waals surface area contributed by atoms with Crippen molar-refractivity contribution in [3.8, 4) is 0 Å². The Hall–Kier alpha value is -0.860. The minimum absolute atomic E-state index is 0.0888. The van der Waals surface area contributed by atoms with Crippen molar-refractivity contribution in [3.05, 3.63) is 34.9 Å². The van der Waals surface area contributed by atoms with Gasteiger partial charge in [0.2, 0.25) is 0 Å². The molecule has 0 aliphatic heterocycles. The number of ketones is 1. The van der Waals surface area contributed by atoms with Crippen LogP contribution in [0.4, 0.5) is 0 Å². The number of rotatable bonds is 12. The van der Waals surface area contributed by atoms with E-state index in [2.05, 4.69) is 39.9 Å². The maximum atomic E-state index is 12.9. The van der Waals surface area contributed by atoms with Crippen molar-refractivity contribution >= 4 is 17.4 Å². The predicted molar refractivity (Wildman–Crippen MR) is 114 cm³/mol. The normalized spacial score (nSPS) is 14.2. The van der Waals surface area contributed by atoms with E-state index in [1.54, 1.807) is 6.07 Å². The Labute approximate surface area is 166 Å². The molecule has 0 amide bonds. The van der Waals surface area contributed by atoms with Gasteiger partial charge in [-0.2, -0.15) is 0 Å². The van der Waals surface area contributed by atoms with Crippen LogP contribution in [0.3, 0.4) is 0 Å². The summed E-state index contributed by atoms with van der Waals surface area (Å²) < 4.78 is 0. The molecule has 0 fully saturated rings. The van der Waals surface area contributed by atoms with Crippen LogP contribution in [-0.4, -0.2) is 17.4 Å². The van der Waals surface area contributed by atoms with Gasteiger partial charge in [-0.05, 0) is 45.2 Å². The van der Waals surface area contributed by atoms with E-state index >= 15 is 0 Å². The van der Waals surface area contributed by atoms with Crippen LogP contribution >= 0.6 is 11.6 Å². The van der Waals surface area contributed by atoms with E-state index in [0.29, 0.717) is 10.6 Å². The summed E-state index contributed by atoms with van der Waals surface area (Å²) in [6.07, 6.45) is 9.69. The molecule has 3 heteroatoms. The third kappa shape index (κ3) is 9.73. The Balaban J connectivity index is 2.50. The fourth-order valence-corrected chi connectivity index (χ4v) is 3.66. The number of carbonyl (C=O) groups excluding carboxylic acids is 1. The zero-order valence-electron chi connectivity index (χ0n) is 17.4. The Bertz CT molecular complexity index is 535. The van der Waals surface area contributed by atoms with Crippen molar-refractivity contribution in [1.29, 1.82) is 0 Å².